The molecule has 0 saturated heterocycles. The maximum atomic E-state index is 12.6. The number of carbonyl (C=O) groups excluding carboxylic acids is 1. The summed E-state index contributed by atoms with van der Waals surface area (Å²) < 4.78 is 11.1. The van der Waals surface area contributed by atoms with Crippen molar-refractivity contribution in [2.24, 2.45) is 0 Å². The smallest absolute Gasteiger partial charge is 0.257 e. The van der Waals surface area contributed by atoms with Crippen LogP contribution >= 0.6 is 0 Å². The van der Waals surface area contributed by atoms with Crippen LogP contribution in [0.3, 0.4) is 0 Å². The second-order valence-electron chi connectivity index (χ2n) is 7.11. The molecule has 0 saturated carbocycles. The van der Waals surface area contributed by atoms with E-state index in [4.69, 9.17) is 9.47 Å². The molecular weight excluding hydrogens is 366 g/mol. The van der Waals surface area contributed by atoms with E-state index in [1.165, 1.54) is 5.56 Å². The molecule has 0 bridgehead atoms. The topological polar surface area (TPSA) is 72.5 Å². The number of ether oxygens (including phenoxy) is 2. The molecule has 0 fully saturated rings. The maximum absolute atomic E-state index is 12.6. The minimum atomic E-state index is -0.233. The first-order valence-electron chi connectivity index (χ1n) is 9.63. The van der Waals surface area contributed by atoms with Crippen LogP contribution in [0.2, 0.25) is 0 Å². The zero-order valence-electron chi connectivity index (χ0n) is 16.4. The first kappa shape index (κ1) is 18.8. The molecule has 148 valence electrons. The molecule has 0 radical (unpaired) electrons. The Morgan fingerprint density at radius 2 is 1.79 bits per heavy atom. The van der Waals surface area contributed by atoms with Crippen molar-refractivity contribution >= 4 is 23.1 Å². The lowest BCUT2D eigenvalue weighted by atomic mass is 10.0. The number of pyridine rings is 1. The monoisotopic (exact) mass is 389 g/mol. The first-order chi connectivity index (χ1) is 14.1. The van der Waals surface area contributed by atoms with Crippen molar-refractivity contribution in [3.8, 4) is 11.5 Å². The molecule has 2 N–H and O–H groups in total. The van der Waals surface area contributed by atoms with Crippen LogP contribution in [0.25, 0.3) is 0 Å². The molecule has 2 heterocycles. The Bertz CT molecular complexity index is 1020. The van der Waals surface area contributed by atoms with Crippen LogP contribution in [0.5, 0.6) is 11.5 Å². The minimum absolute atomic E-state index is 0.233. The summed E-state index contributed by atoms with van der Waals surface area (Å²) in [7, 11) is 0. The number of para-hydroxylation sites is 1. The van der Waals surface area contributed by atoms with Gasteiger partial charge in [0.15, 0.2) is 11.5 Å². The number of rotatable bonds is 5. The standard InChI is InChI=1S/C23H23N3O3/c1-15(2)18-5-3-4-6-19(18)26-22-10-7-16(14-24-22)23(27)25-17-8-9-20-21(13-17)29-12-11-28-20/h3-10,13-15H,11-12H2,1-2H3,(H,24,26)(H,25,27). The predicted molar refractivity (Wildman–Crippen MR) is 113 cm³/mol. The number of anilines is 3. The molecule has 6 heteroatoms. The Kier molecular flexibility index (Phi) is 5.33. The van der Waals surface area contributed by atoms with E-state index in [0.717, 1.165) is 5.69 Å². The van der Waals surface area contributed by atoms with Crippen molar-refractivity contribution < 1.29 is 14.3 Å². The van der Waals surface area contributed by atoms with Gasteiger partial charge in [-0.2, -0.15) is 0 Å². The number of nitrogens with zero attached hydrogens (tertiary/aromatic N) is 1. The van der Waals surface area contributed by atoms with Crippen LogP contribution in [0.1, 0.15) is 35.7 Å². The van der Waals surface area contributed by atoms with Gasteiger partial charge in [-0.15, -0.1) is 0 Å². The highest BCUT2D eigenvalue weighted by molar-refractivity contribution is 6.04. The van der Waals surface area contributed by atoms with Crippen molar-refractivity contribution in [1.82, 2.24) is 4.98 Å². The van der Waals surface area contributed by atoms with Gasteiger partial charge < -0.3 is 20.1 Å². The number of aromatic nitrogens is 1. The Labute approximate surface area is 169 Å². The summed E-state index contributed by atoms with van der Waals surface area (Å²) in [6.45, 7) is 5.34. The number of benzene rings is 2. The van der Waals surface area contributed by atoms with Crippen LogP contribution in [0, 0.1) is 0 Å². The molecule has 1 aliphatic rings. The second kappa shape index (κ2) is 8.22. The van der Waals surface area contributed by atoms with Gasteiger partial charge in [0.1, 0.15) is 19.0 Å². The fourth-order valence-electron chi connectivity index (χ4n) is 3.18. The molecule has 4 rings (SSSR count). The number of hydrogen-bond donors (Lipinski definition) is 2. The summed E-state index contributed by atoms with van der Waals surface area (Å²) >= 11 is 0. The summed E-state index contributed by atoms with van der Waals surface area (Å²) in [6, 6.07) is 17.0. The third-order valence-corrected chi connectivity index (χ3v) is 4.67. The van der Waals surface area contributed by atoms with Gasteiger partial charge in [0.25, 0.3) is 5.91 Å². The average Bonchev–Trinajstić information content (AvgIpc) is 2.74. The van der Waals surface area contributed by atoms with Crippen molar-refractivity contribution in [1.29, 1.82) is 0 Å². The highest BCUT2D eigenvalue weighted by atomic mass is 16.6. The van der Waals surface area contributed by atoms with E-state index in [0.29, 0.717) is 47.7 Å². The molecule has 0 atom stereocenters. The number of amides is 1. The van der Waals surface area contributed by atoms with E-state index in [1.54, 1.807) is 36.5 Å². The predicted octanol–water partition coefficient (Wildman–Crippen LogP) is 4.97. The van der Waals surface area contributed by atoms with Crippen molar-refractivity contribution in [3.05, 3.63) is 71.9 Å². The molecule has 6 nitrogen and oxygen atoms in total. The molecular formula is C23H23N3O3. The number of fused-ring (bicyclic) bond motifs is 1. The van der Waals surface area contributed by atoms with Crippen molar-refractivity contribution in [2.45, 2.75) is 19.8 Å². The number of carbonyl (C=O) groups is 1. The highest BCUT2D eigenvalue weighted by Crippen LogP contribution is 2.32. The largest absolute Gasteiger partial charge is 0.486 e. The van der Waals surface area contributed by atoms with E-state index in [1.807, 2.05) is 18.2 Å². The summed E-state index contributed by atoms with van der Waals surface area (Å²) in [5.41, 5.74) is 3.35. The van der Waals surface area contributed by atoms with Crippen LogP contribution in [-0.4, -0.2) is 24.1 Å². The molecule has 1 aromatic heterocycles. The number of nitrogens with one attached hydrogen (secondary N) is 2. The van der Waals surface area contributed by atoms with Crippen LogP contribution in [0.15, 0.2) is 60.8 Å². The van der Waals surface area contributed by atoms with E-state index < -0.39 is 0 Å². The van der Waals surface area contributed by atoms with Gasteiger partial charge in [0, 0.05) is 23.6 Å². The third-order valence-electron chi connectivity index (χ3n) is 4.67. The van der Waals surface area contributed by atoms with Gasteiger partial charge in [-0.25, -0.2) is 4.98 Å². The van der Waals surface area contributed by atoms with Crippen LogP contribution in [0.4, 0.5) is 17.2 Å². The second-order valence-corrected chi connectivity index (χ2v) is 7.11. The molecule has 1 amide bonds. The number of hydrogen-bond acceptors (Lipinski definition) is 5. The molecule has 1 aliphatic heterocycles. The fraction of sp³-hybridized carbons (Fsp3) is 0.217. The van der Waals surface area contributed by atoms with Gasteiger partial charge in [-0.05, 0) is 41.8 Å². The molecule has 3 aromatic rings. The zero-order valence-corrected chi connectivity index (χ0v) is 16.4. The Hall–Kier alpha value is -3.54. The van der Waals surface area contributed by atoms with Gasteiger partial charge in [-0.3, -0.25) is 4.79 Å². The van der Waals surface area contributed by atoms with E-state index in [-0.39, 0.29) is 5.91 Å². The van der Waals surface area contributed by atoms with Gasteiger partial charge in [0.2, 0.25) is 0 Å². The molecule has 0 unspecified atom stereocenters. The lowest BCUT2D eigenvalue weighted by molar-refractivity contribution is 0.102. The third kappa shape index (κ3) is 4.32. The van der Waals surface area contributed by atoms with Gasteiger partial charge in [0.05, 0.1) is 5.56 Å². The molecule has 2 aromatic carbocycles. The van der Waals surface area contributed by atoms with Gasteiger partial charge >= 0.3 is 0 Å². The lowest BCUT2D eigenvalue weighted by Gasteiger charge is -2.19. The minimum Gasteiger partial charge on any atom is -0.486 e. The van der Waals surface area contributed by atoms with Crippen LogP contribution < -0.4 is 20.1 Å². The fourth-order valence-corrected chi connectivity index (χ4v) is 3.18. The SMILES string of the molecule is CC(C)c1ccccc1Nc1ccc(C(=O)Nc2ccc3c(c2)OCCO3)cn1. The van der Waals surface area contributed by atoms with E-state index in [9.17, 15) is 4.79 Å². The van der Waals surface area contributed by atoms with E-state index in [2.05, 4.69) is 35.5 Å². The quantitative estimate of drug-likeness (QED) is 0.644. The summed E-state index contributed by atoms with van der Waals surface area (Å²) in [5.74, 6) is 2.18. The molecule has 0 aliphatic carbocycles. The molecule has 0 spiro atoms. The van der Waals surface area contributed by atoms with Crippen molar-refractivity contribution in [2.75, 3.05) is 23.8 Å². The Morgan fingerprint density at radius 3 is 2.55 bits per heavy atom. The van der Waals surface area contributed by atoms with Crippen molar-refractivity contribution in [3.63, 3.8) is 0 Å². The zero-order chi connectivity index (χ0) is 20.2. The van der Waals surface area contributed by atoms with Gasteiger partial charge in [-0.1, -0.05) is 32.0 Å². The highest BCUT2D eigenvalue weighted by Gasteiger charge is 2.14. The summed E-state index contributed by atoms with van der Waals surface area (Å²) in [6.07, 6.45) is 1.56. The Balaban J connectivity index is 1.44. The van der Waals surface area contributed by atoms with E-state index >= 15 is 0 Å². The Morgan fingerprint density at radius 1 is 1.00 bits per heavy atom. The first-order valence-corrected chi connectivity index (χ1v) is 9.63. The summed E-state index contributed by atoms with van der Waals surface area (Å²) in [4.78, 5) is 16.9. The normalized spacial score (nSPS) is 12.5. The molecule has 29 heavy (non-hydrogen) atoms. The lowest BCUT2D eigenvalue weighted by Crippen LogP contribution is -2.16. The van der Waals surface area contributed by atoms with Crippen LogP contribution in [-0.2, 0) is 0 Å². The summed E-state index contributed by atoms with van der Waals surface area (Å²) in [5, 5.41) is 6.20. The maximum Gasteiger partial charge on any atom is 0.257 e. The average molecular weight is 389 g/mol.